The summed E-state index contributed by atoms with van der Waals surface area (Å²) in [6, 6.07) is 10.9. The number of rotatable bonds is 6. The maximum atomic E-state index is 12.2. The van der Waals surface area contributed by atoms with Crippen LogP contribution in [0.4, 0.5) is 17.1 Å². The number of anilines is 3. The normalized spacial score (nSPS) is 11.6. The second-order valence-corrected chi connectivity index (χ2v) is 7.08. The molecule has 0 saturated heterocycles. The molecule has 12 heteroatoms. The lowest BCUT2D eigenvalue weighted by Gasteiger charge is -2.09. The molecule has 2 aromatic rings. The van der Waals surface area contributed by atoms with Crippen molar-refractivity contribution in [3.63, 3.8) is 0 Å². The highest BCUT2D eigenvalue weighted by molar-refractivity contribution is 7.87. The standard InChI is InChI=1S/C13H13N3O7S2/c17-13(9-3-1-5-11(7-9)15-24(18,19)20)14-10-4-2-6-12(8-10)16-25(21,22)23/h1-8,15-16H,(H,14,17)(H,18,19,20)(H,21,22,23). The monoisotopic (exact) mass is 387 g/mol. The zero-order chi connectivity index (χ0) is 18.7. The number of carbonyl (C=O) groups excluding carboxylic acids is 1. The number of benzene rings is 2. The Balaban J connectivity index is 2.17. The van der Waals surface area contributed by atoms with E-state index in [4.69, 9.17) is 9.11 Å². The number of hydrogen-bond donors (Lipinski definition) is 5. The molecule has 2 rings (SSSR count). The Morgan fingerprint density at radius 3 is 1.80 bits per heavy atom. The number of hydrogen-bond acceptors (Lipinski definition) is 5. The first-order valence-corrected chi connectivity index (χ1v) is 9.42. The Hall–Kier alpha value is -2.67. The van der Waals surface area contributed by atoms with Crippen LogP contribution in [0.15, 0.2) is 48.5 Å². The van der Waals surface area contributed by atoms with Gasteiger partial charge >= 0.3 is 20.6 Å². The van der Waals surface area contributed by atoms with Gasteiger partial charge in [-0.1, -0.05) is 12.1 Å². The van der Waals surface area contributed by atoms with Crippen molar-refractivity contribution < 1.29 is 30.7 Å². The minimum Gasteiger partial charge on any atom is -0.322 e. The van der Waals surface area contributed by atoms with Crippen molar-refractivity contribution in [1.29, 1.82) is 0 Å². The van der Waals surface area contributed by atoms with E-state index in [1.807, 2.05) is 9.44 Å². The minimum absolute atomic E-state index is 0.0167. The van der Waals surface area contributed by atoms with Crippen LogP contribution in [0.3, 0.4) is 0 Å². The van der Waals surface area contributed by atoms with Gasteiger partial charge in [0.15, 0.2) is 0 Å². The highest BCUT2D eigenvalue weighted by Crippen LogP contribution is 2.18. The molecule has 5 N–H and O–H groups in total. The Labute approximate surface area is 143 Å². The molecule has 10 nitrogen and oxygen atoms in total. The molecule has 1 amide bonds. The van der Waals surface area contributed by atoms with E-state index in [2.05, 4.69) is 5.32 Å². The van der Waals surface area contributed by atoms with Gasteiger partial charge in [-0.2, -0.15) is 16.8 Å². The smallest absolute Gasteiger partial charge is 0.322 e. The molecule has 0 heterocycles. The molecule has 0 bridgehead atoms. The molecule has 0 unspecified atom stereocenters. The van der Waals surface area contributed by atoms with E-state index in [9.17, 15) is 21.6 Å². The number of carbonyl (C=O) groups is 1. The fourth-order valence-electron chi connectivity index (χ4n) is 1.89. The molecule has 0 fully saturated rings. The van der Waals surface area contributed by atoms with Crippen molar-refractivity contribution >= 4 is 43.6 Å². The Morgan fingerprint density at radius 2 is 1.24 bits per heavy atom. The highest BCUT2D eigenvalue weighted by atomic mass is 32.2. The Bertz CT molecular complexity index is 1000. The first-order valence-electron chi connectivity index (χ1n) is 6.54. The zero-order valence-electron chi connectivity index (χ0n) is 12.4. The molecule has 0 spiro atoms. The molecule has 25 heavy (non-hydrogen) atoms. The molecule has 0 atom stereocenters. The van der Waals surface area contributed by atoms with Crippen molar-refractivity contribution in [2.24, 2.45) is 0 Å². The van der Waals surface area contributed by atoms with Gasteiger partial charge in [-0.05, 0) is 36.4 Å². The maximum Gasteiger partial charge on any atom is 0.357 e. The van der Waals surface area contributed by atoms with E-state index in [1.165, 1.54) is 48.5 Å². The van der Waals surface area contributed by atoms with Crippen molar-refractivity contribution in [3.05, 3.63) is 54.1 Å². The first kappa shape index (κ1) is 18.7. The zero-order valence-corrected chi connectivity index (χ0v) is 14.0. The number of amides is 1. The van der Waals surface area contributed by atoms with Crippen molar-refractivity contribution in [3.8, 4) is 0 Å². The molecule has 0 aromatic heterocycles. The Kier molecular flexibility index (Phi) is 5.27. The quantitative estimate of drug-likeness (QED) is 0.467. The van der Waals surface area contributed by atoms with Gasteiger partial charge in [-0.15, -0.1) is 0 Å². The fraction of sp³-hybridized carbons (Fsp3) is 0. The van der Waals surface area contributed by atoms with Crippen LogP contribution >= 0.6 is 0 Å². The second-order valence-electron chi connectivity index (χ2n) is 4.77. The van der Waals surface area contributed by atoms with E-state index in [-0.39, 0.29) is 22.6 Å². The van der Waals surface area contributed by atoms with Gasteiger partial charge in [0.2, 0.25) is 0 Å². The summed E-state index contributed by atoms with van der Waals surface area (Å²) in [5, 5.41) is 2.48. The van der Waals surface area contributed by atoms with Gasteiger partial charge in [0.05, 0.1) is 11.4 Å². The van der Waals surface area contributed by atoms with Gasteiger partial charge in [0, 0.05) is 11.3 Å². The topological polar surface area (TPSA) is 162 Å². The van der Waals surface area contributed by atoms with Crippen molar-refractivity contribution in [2.75, 3.05) is 14.8 Å². The molecule has 0 aliphatic heterocycles. The molecule has 134 valence electrons. The van der Waals surface area contributed by atoms with Crippen LogP contribution in [0.2, 0.25) is 0 Å². The minimum atomic E-state index is -4.47. The van der Waals surface area contributed by atoms with E-state index < -0.39 is 26.5 Å². The summed E-state index contributed by atoms with van der Waals surface area (Å²) in [6.45, 7) is 0. The van der Waals surface area contributed by atoms with E-state index in [0.29, 0.717) is 0 Å². The van der Waals surface area contributed by atoms with E-state index >= 15 is 0 Å². The molecule has 0 radical (unpaired) electrons. The SMILES string of the molecule is O=C(Nc1cccc(NS(=O)(=O)O)c1)c1cccc(NS(=O)(=O)O)c1. The highest BCUT2D eigenvalue weighted by Gasteiger charge is 2.10. The average Bonchev–Trinajstić information content (AvgIpc) is 2.44. The molecule has 0 aliphatic carbocycles. The van der Waals surface area contributed by atoms with Crippen LogP contribution in [-0.2, 0) is 20.6 Å². The van der Waals surface area contributed by atoms with Crippen LogP contribution in [0.5, 0.6) is 0 Å². The van der Waals surface area contributed by atoms with Gasteiger partial charge in [-0.3, -0.25) is 23.3 Å². The van der Waals surface area contributed by atoms with Crippen LogP contribution in [-0.4, -0.2) is 31.8 Å². The van der Waals surface area contributed by atoms with Crippen LogP contribution in [0, 0.1) is 0 Å². The summed E-state index contributed by atoms with van der Waals surface area (Å²) in [5.41, 5.74) is 0.326. The second kappa shape index (κ2) is 7.06. The fourth-order valence-corrected chi connectivity index (χ4v) is 2.74. The van der Waals surface area contributed by atoms with Crippen LogP contribution in [0.25, 0.3) is 0 Å². The average molecular weight is 387 g/mol. The van der Waals surface area contributed by atoms with Gasteiger partial charge in [0.25, 0.3) is 5.91 Å². The summed E-state index contributed by atoms with van der Waals surface area (Å²) in [5.74, 6) is -0.608. The first-order chi connectivity index (χ1) is 11.5. The van der Waals surface area contributed by atoms with E-state index in [0.717, 1.165) is 0 Å². The van der Waals surface area contributed by atoms with Crippen LogP contribution < -0.4 is 14.8 Å². The van der Waals surface area contributed by atoms with Gasteiger partial charge in [0.1, 0.15) is 0 Å². The van der Waals surface area contributed by atoms with Crippen molar-refractivity contribution in [1.82, 2.24) is 0 Å². The predicted molar refractivity (Wildman–Crippen MR) is 91.2 cm³/mol. The summed E-state index contributed by atoms with van der Waals surface area (Å²) < 4.78 is 64.3. The predicted octanol–water partition coefficient (Wildman–Crippen LogP) is 1.37. The summed E-state index contributed by atoms with van der Waals surface area (Å²) >= 11 is 0. The lowest BCUT2D eigenvalue weighted by atomic mass is 10.2. The van der Waals surface area contributed by atoms with Gasteiger partial charge < -0.3 is 5.32 Å². The third-order valence-corrected chi connectivity index (χ3v) is 3.73. The third kappa shape index (κ3) is 6.39. The number of nitrogens with one attached hydrogen (secondary N) is 3. The third-order valence-electron chi connectivity index (χ3n) is 2.74. The van der Waals surface area contributed by atoms with Crippen LogP contribution in [0.1, 0.15) is 10.4 Å². The largest absolute Gasteiger partial charge is 0.357 e. The van der Waals surface area contributed by atoms with Crippen molar-refractivity contribution in [2.45, 2.75) is 0 Å². The van der Waals surface area contributed by atoms with E-state index in [1.54, 1.807) is 0 Å². The Morgan fingerprint density at radius 1 is 0.760 bits per heavy atom. The summed E-state index contributed by atoms with van der Waals surface area (Å²) in [6.07, 6.45) is 0. The molecular formula is C13H13N3O7S2. The summed E-state index contributed by atoms with van der Waals surface area (Å²) in [7, 11) is -8.92. The summed E-state index contributed by atoms with van der Waals surface area (Å²) in [4.78, 5) is 12.2. The molecule has 2 aromatic carbocycles. The maximum absolute atomic E-state index is 12.2. The molecule has 0 saturated carbocycles. The lowest BCUT2D eigenvalue weighted by molar-refractivity contribution is 0.102. The lowest BCUT2D eigenvalue weighted by Crippen LogP contribution is -2.14. The molecular weight excluding hydrogens is 374 g/mol. The van der Waals surface area contributed by atoms with Gasteiger partial charge in [-0.25, -0.2) is 0 Å². The molecule has 0 aliphatic rings.